The van der Waals surface area contributed by atoms with E-state index < -0.39 is 5.97 Å². The fourth-order valence-corrected chi connectivity index (χ4v) is 2.82. The van der Waals surface area contributed by atoms with Crippen molar-refractivity contribution in [1.29, 1.82) is 0 Å². The fourth-order valence-electron chi connectivity index (χ4n) is 2.82. The van der Waals surface area contributed by atoms with Gasteiger partial charge in [-0.2, -0.15) is 0 Å². The highest BCUT2D eigenvalue weighted by molar-refractivity contribution is 6.25. The molecule has 1 aliphatic rings. The van der Waals surface area contributed by atoms with Crippen LogP contribution in [-0.2, 0) is 22.4 Å². The maximum atomic E-state index is 12.5. The summed E-state index contributed by atoms with van der Waals surface area (Å²) in [6.07, 6.45) is 3.42. The van der Waals surface area contributed by atoms with Gasteiger partial charge < -0.3 is 10.4 Å². The number of ketones is 2. The number of benzene rings is 1. The SMILES string of the molecule is CNc1nccc2c1CC(=O)C(C(=O)Cc1ccc(C(=O)O)cc1)=C2. The molecule has 1 heterocycles. The lowest BCUT2D eigenvalue weighted by Crippen LogP contribution is -2.21. The van der Waals surface area contributed by atoms with Crippen molar-refractivity contribution < 1.29 is 19.5 Å². The Morgan fingerprint density at radius 1 is 1.20 bits per heavy atom. The summed E-state index contributed by atoms with van der Waals surface area (Å²) >= 11 is 0. The molecule has 0 atom stereocenters. The number of carbonyl (C=O) groups excluding carboxylic acids is 2. The molecule has 2 N–H and O–H groups in total. The minimum Gasteiger partial charge on any atom is -0.478 e. The summed E-state index contributed by atoms with van der Waals surface area (Å²) in [6, 6.07) is 7.85. The molecule has 0 amide bonds. The zero-order chi connectivity index (χ0) is 18.0. The summed E-state index contributed by atoms with van der Waals surface area (Å²) in [6.45, 7) is 0. The van der Waals surface area contributed by atoms with Gasteiger partial charge in [-0.15, -0.1) is 0 Å². The van der Waals surface area contributed by atoms with Crippen molar-refractivity contribution in [2.75, 3.05) is 12.4 Å². The van der Waals surface area contributed by atoms with Gasteiger partial charge >= 0.3 is 5.97 Å². The number of fused-ring (bicyclic) bond motifs is 1. The molecule has 0 saturated carbocycles. The standard InChI is InChI=1S/C19H16N2O4/c1-20-18-14-10-17(23)15(9-13(14)6-7-21-18)16(22)8-11-2-4-12(5-3-11)19(24)25/h2-7,9H,8,10H2,1H3,(H,20,21)(H,24,25). The molecule has 126 valence electrons. The van der Waals surface area contributed by atoms with E-state index in [1.165, 1.54) is 12.1 Å². The van der Waals surface area contributed by atoms with Crippen LogP contribution in [0.15, 0.2) is 42.1 Å². The number of nitrogens with zero attached hydrogens (tertiary/aromatic N) is 1. The first-order valence-corrected chi connectivity index (χ1v) is 7.75. The summed E-state index contributed by atoms with van der Waals surface area (Å²) in [5.74, 6) is -0.892. The van der Waals surface area contributed by atoms with Crippen LogP contribution in [0.1, 0.15) is 27.0 Å². The van der Waals surface area contributed by atoms with Gasteiger partial charge in [0, 0.05) is 31.6 Å². The third-order valence-corrected chi connectivity index (χ3v) is 4.13. The van der Waals surface area contributed by atoms with Crippen molar-refractivity contribution in [3.8, 4) is 0 Å². The molecule has 1 aromatic heterocycles. The molecule has 0 unspecified atom stereocenters. The summed E-state index contributed by atoms with van der Waals surface area (Å²) in [5, 5.41) is 11.8. The Morgan fingerprint density at radius 3 is 2.56 bits per heavy atom. The van der Waals surface area contributed by atoms with E-state index in [1.54, 1.807) is 37.5 Å². The van der Waals surface area contributed by atoms with E-state index in [-0.39, 0.29) is 35.5 Å². The summed E-state index contributed by atoms with van der Waals surface area (Å²) < 4.78 is 0. The van der Waals surface area contributed by atoms with Gasteiger partial charge in [0.05, 0.1) is 11.1 Å². The molecule has 3 rings (SSSR count). The van der Waals surface area contributed by atoms with Crippen LogP contribution in [0.2, 0.25) is 0 Å². The van der Waals surface area contributed by atoms with Gasteiger partial charge in [-0.3, -0.25) is 9.59 Å². The van der Waals surface area contributed by atoms with Crippen molar-refractivity contribution in [3.05, 3.63) is 64.4 Å². The Kier molecular flexibility index (Phi) is 4.43. The zero-order valence-electron chi connectivity index (χ0n) is 13.6. The van der Waals surface area contributed by atoms with Crippen molar-refractivity contribution in [1.82, 2.24) is 4.98 Å². The molecule has 0 saturated heterocycles. The van der Waals surface area contributed by atoms with E-state index in [2.05, 4.69) is 10.3 Å². The van der Waals surface area contributed by atoms with E-state index in [1.807, 2.05) is 0 Å². The van der Waals surface area contributed by atoms with Crippen LogP contribution < -0.4 is 5.32 Å². The van der Waals surface area contributed by atoms with Crippen LogP contribution in [-0.4, -0.2) is 34.7 Å². The number of hydrogen-bond acceptors (Lipinski definition) is 5. The van der Waals surface area contributed by atoms with Crippen molar-refractivity contribution in [3.63, 3.8) is 0 Å². The molecule has 2 aromatic rings. The molecule has 0 fully saturated rings. The molecule has 0 spiro atoms. The average molecular weight is 336 g/mol. The predicted molar refractivity (Wildman–Crippen MR) is 92.6 cm³/mol. The number of hydrogen-bond donors (Lipinski definition) is 2. The Balaban J connectivity index is 1.85. The van der Waals surface area contributed by atoms with Gasteiger partial charge in [0.1, 0.15) is 5.82 Å². The minimum absolute atomic E-state index is 0.0524. The lowest BCUT2D eigenvalue weighted by molar-refractivity contribution is -0.120. The summed E-state index contributed by atoms with van der Waals surface area (Å²) in [4.78, 5) is 39.9. The number of aromatic nitrogens is 1. The molecular weight excluding hydrogens is 320 g/mol. The maximum absolute atomic E-state index is 12.5. The van der Waals surface area contributed by atoms with Gasteiger partial charge in [-0.1, -0.05) is 12.1 Å². The van der Waals surface area contributed by atoms with E-state index in [0.29, 0.717) is 11.4 Å². The van der Waals surface area contributed by atoms with Crippen LogP contribution in [0.4, 0.5) is 5.82 Å². The fraction of sp³-hybridized carbons (Fsp3) is 0.158. The number of Topliss-reactive ketones (excluding diaryl/α,β-unsaturated/α-hetero) is 2. The number of nitrogens with one attached hydrogen (secondary N) is 1. The summed E-state index contributed by atoms with van der Waals surface area (Å²) in [7, 11) is 1.73. The molecule has 6 nitrogen and oxygen atoms in total. The highest BCUT2D eigenvalue weighted by atomic mass is 16.4. The quantitative estimate of drug-likeness (QED) is 0.812. The first-order valence-electron chi connectivity index (χ1n) is 7.75. The number of anilines is 1. The van der Waals surface area contributed by atoms with Gasteiger partial charge in [0.25, 0.3) is 0 Å². The van der Waals surface area contributed by atoms with Crippen LogP contribution in [0.5, 0.6) is 0 Å². The number of aromatic carboxylic acids is 1. The first kappa shape index (κ1) is 16.6. The van der Waals surface area contributed by atoms with Gasteiger partial charge in [0.15, 0.2) is 11.6 Å². The Morgan fingerprint density at radius 2 is 1.92 bits per heavy atom. The predicted octanol–water partition coefficient (Wildman–Crippen LogP) is 2.14. The van der Waals surface area contributed by atoms with Gasteiger partial charge in [-0.25, -0.2) is 9.78 Å². The zero-order valence-corrected chi connectivity index (χ0v) is 13.6. The van der Waals surface area contributed by atoms with Crippen LogP contribution in [0.3, 0.4) is 0 Å². The van der Waals surface area contributed by atoms with E-state index in [4.69, 9.17) is 5.11 Å². The Bertz CT molecular complexity index is 898. The number of rotatable bonds is 5. The van der Waals surface area contributed by atoms with Crippen molar-refractivity contribution >= 4 is 29.4 Å². The van der Waals surface area contributed by atoms with E-state index in [0.717, 1.165) is 11.1 Å². The second kappa shape index (κ2) is 6.68. The van der Waals surface area contributed by atoms with Crippen LogP contribution >= 0.6 is 0 Å². The lowest BCUT2D eigenvalue weighted by Gasteiger charge is -2.17. The topological polar surface area (TPSA) is 96.4 Å². The van der Waals surface area contributed by atoms with Crippen LogP contribution in [0.25, 0.3) is 6.08 Å². The van der Waals surface area contributed by atoms with Crippen molar-refractivity contribution in [2.24, 2.45) is 0 Å². The molecule has 1 aromatic carbocycles. The van der Waals surface area contributed by atoms with Crippen molar-refractivity contribution in [2.45, 2.75) is 12.8 Å². The first-order chi connectivity index (χ1) is 12.0. The lowest BCUT2D eigenvalue weighted by atomic mass is 9.88. The molecule has 6 heteroatoms. The Labute approximate surface area is 144 Å². The van der Waals surface area contributed by atoms with Gasteiger partial charge in [-0.05, 0) is 35.4 Å². The smallest absolute Gasteiger partial charge is 0.335 e. The molecule has 1 aliphatic carbocycles. The van der Waals surface area contributed by atoms with E-state index >= 15 is 0 Å². The van der Waals surface area contributed by atoms with Crippen LogP contribution in [0, 0.1) is 0 Å². The molecule has 0 bridgehead atoms. The largest absolute Gasteiger partial charge is 0.478 e. The Hall–Kier alpha value is -3.28. The number of carbonyl (C=O) groups is 3. The van der Waals surface area contributed by atoms with Gasteiger partial charge in [0.2, 0.25) is 0 Å². The molecule has 0 radical (unpaired) electrons. The second-order valence-corrected chi connectivity index (χ2v) is 5.74. The number of carboxylic acid groups (broad SMARTS) is 1. The normalized spacial score (nSPS) is 13.0. The second-order valence-electron chi connectivity index (χ2n) is 5.74. The monoisotopic (exact) mass is 336 g/mol. The maximum Gasteiger partial charge on any atom is 0.335 e. The highest BCUT2D eigenvalue weighted by Gasteiger charge is 2.25. The minimum atomic E-state index is -1.02. The average Bonchev–Trinajstić information content (AvgIpc) is 2.61. The number of allylic oxidation sites excluding steroid dienone is 1. The molecule has 0 aliphatic heterocycles. The highest BCUT2D eigenvalue weighted by Crippen LogP contribution is 2.27. The van der Waals surface area contributed by atoms with E-state index in [9.17, 15) is 14.4 Å². The molecular formula is C19H16N2O4. The third-order valence-electron chi connectivity index (χ3n) is 4.13. The summed E-state index contributed by atoms with van der Waals surface area (Å²) in [5.41, 5.74) is 2.59. The number of carboxylic acids is 1. The number of pyridine rings is 1. The molecule has 25 heavy (non-hydrogen) atoms. The third kappa shape index (κ3) is 3.33.